The van der Waals surface area contributed by atoms with E-state index in [9.17, 15) is 19.8 Å². The summed E-state index contributed by atoms with van der Waals surface area (Å²) >= 11 is 0. The van der Waals surface area contributed by atoms with Crippen LogP contribution >= 0.6 is 0 Å². The van der Waals surface area contributed by atoms with Gasteiger partial charge >= 0.3 is 12.2 Å². The number of amides is 2. The molecule has 1 aliphatic rings. The molecule has 1 aromatic carbocycles. The van der Waals surface area contributed by atoms with Crippen LogP contribution in [0.25, 0.3) is 11.1 Å². The van der Waals surface area contributed by atoms with E-state index in [1.165, 1.54) is 9.80 Å². The van der Waals surface area contributed by atoms with Crippen molar-refractivity contribution in [3.05, 3.63) is 54.9 Å². The van der Waals surface area contributed by atoms with E-state index < -0.39 is 18.2 Å². The van der Waals surface area contributed by atoms with E-state index in [4.69, 9.17) is 0 Å². The van der Waals surface area contributed by atoms with E-state index in [1.807, 2.05) is 6.20 Å². The van der Waals surface area contributed by atoms with Crippen LogP contribution in [0.4, 0.5) is 21.0 Å². The molecule has 3 aromatic rings. The molecule has 2 N–H and O–H groups in total. The van der Waals surface area contributed by atoms with Gasteiger partial charge in [0.1, 0.15) is 0 Å². The van der Waals surface area contributed by atoms with E-state index in [-0.39, 0.29) is 6.54 Å². The lowest BCUT2D eigenvalue weighted by atomic mass is 10.0. The Morgan fingerprint density at radius 3 is 2.62 bits per heavy atom. The van der Waals surface area contributed by atoms with Crippen molar-refractivity contribution in [2.75, 3.05) is 16.3 Å². The van der Waals surface area contributed by atoms with Gasteiger partial charge in [0.2, 0.25) is 0 Å². The second-order valence-corrected chi connectivity index (χ2v) is 6.72. The van der Waals surface area contributed by atoms with Crippen molar-refractivity contribution in [1.82, 2.24) is 19.7 Å². The number of aromatic nitrogens is 4. The van der Waals surface area contributed by atoms with Gasteiger partial charge in [-0.2, -0.15) is 5.10 Å². The first-order chi connectivity index (χ1) is 13.9. The summed E-state index contributed by atoms with van der Waals surface area (Å²) in [6, 6.07) is 4.58. The quantitative estimate of drug-likeness (QED) is 0.700. The summed E-state index contributed by atoms with van der Waals surface area (Å²) in [6.45, 7) is 2.19. The largest absolute Gasteiger partial charge is 0.465 e. The molecule has 0 fully saturated rings. The number of hydrogen-bond donors (Lipinski definition) is 2. The third-order valence-corrected chi connectivity index (χ3v) is 4.76. The van der Waals surface area contributed by atoms with Crippen LogP contribution in [0, 0.1) is 0 Å². The van der Waals surface area contributed by atoms with Crippen molar-refractivity contribution >= 4 is 23.6 Å². The lowest BCUT2D eigenvalue weighted by Crippen LogP contribution is -2.51. The smallest absolute Gasteiger partial charge is 0.412 e. The first-order valence-electron chi connectivity index (χ1n) is 8.88. The van der Waals surface area contributed by atoms with Crippen LogP contribution < -0.4 is 9.80 Å². The molecule has 10 heteroatoms. The number of rotatable bonds is 3. The minimum Gasteiger partial charge on any atom is -0.465 e. The first-order valence-corrected chi connectivity index (χ1v) is 8.88. The highest BCUT2D eigenvalue weighted by Crippen LogP contribution is 2.38. The molecular weight excluding hydrogens is 376 g/mol. The Morgan fingerprint density at radius 1 is 1.10 bits per heavy atom. The van der Waals surface area contributed by atoms with Crippen molar-refractivity contribution in [1.29, 1.82) is 0 Å². The minimum absolute atomic E-state index is 0.0595. The average Bonchev–Trinajstić information content (AvgIpc) is 3.15. The van der Waals surface area contributed by atoms with E-state index in [2.05, 4.69) is 15.1 Å². The van der Waals surface area contributed by atoms with Gasteiger partial charge in [-0.3, -0.25) is 24.4 Å². The highest BCUT2D eigenvalue weighted by molar-refractivity contribution is 6.00. The SMILES string of the molecule is C[C@H]1CN(C(=O)O)c2cc(-c3cnn(Cc4cnccn4)c3)ccc2N1C(=O)O. The summed E-state index contributed by atoms with van der Waals surface area (Å²) < 4.78 is 1.71. The molecule has 2 amide bonds. The van der Waals surface area contributed by atoms with Gasteiger partial charge in [-0.1, -0.05) is 6.07 Å². The number of benzene rings is 1. The van der Waals surface area contributed by atoms with Gasteiger partial charge in [-0.15, -0.1) is 0 Å². The van der Waals surface area contributed by atoms with Crippen molar-refractivity contribution in [3.63, 3.8) is 0 Å². The van der Waals surface area contributed by atoms with Gasteiger partial charge in [0.15, 0.2) is 0 Å². The molecule has 10 nitrogen and oxygen atoms in total. The number of carbonyl (C=O) groups is 2. The van der Waals surface area contributed by atoms with Crippen molar-refractivity contribution < 1.29 is 19.8 Å². The summed E-state index contributed by atoms with van der Waals surface area (Å²) in [5.74, 6) is 0. The van der Waals surface area contributed by atoms with Crippen LogP contribution in [0.1, 0.15) is 12.6 Å². The van der Waals surface area contributed by atoms with Gasteiger partial charge in [0.05, 0.1) is 48.6 Å². The van der Waals surface area contributed by atoms with Crippen molar-refractivity contribution in [2.45, 2.75) is 19.5 Å². The standard InChI is InChI=1S/C19H18N6O4/c1-12-9-24(18(26)27)17-6-13(2-3-16(17)25(12)19(28)29)14-7-22-23(10-14)11-15-8-20-4-5-21-15/h2-8,10,12H,9,11H2,1H3,(H,26,27)(H,28,29)/t12-/m0/s1. The zero-order valence-corrected chi connectivity index (χ0v) is 15.5. The Balaban J connectivity index is 1.69. The molecule has 0 aliphatic carbocycles. The van der Waals surface area contributed by atoms with Gasteiger partial charge in [-0.25, -0.2) is 9.59 Å². The second kappa shape index (κ2) is 7.23. The molecule has 29 heavy (non-hydrogen) atoms. The van der Waals surface area contributed by atoms with Gasteiger partial charge in [0, 0.05) is 24.2 Å². The molecule has 0 saturated carbocycles. The summed E-state index contributed by atoms with van der Waals surface area (Å²) in [6.07, 6.45) is 6.12. The topological polar surface area (TPSA) is 125 Å². The molecule has 0 saturated heterocycles. The van der Waals surface area contributed by atoms with Gasteiger partial charge in [0.25, 0.3) is 0 Å². The highest BCUT2D eigenvalue weighted by atomic mass is 16.4. The normalized spacial score (nSPS) is 15.8. The maximum atomic E-state index is 11.7. The van der Waals surface area contributed by atoms with Crippen LogP contribution in [0.3, 0.4) is 0 Å². The Hall–Kier alpha value is -3.95. The number of hydrogen-bond acceptors (Lipinski definition) is 5. The lowest BCUT2D eigenvalue weighted by molar-refractivity contribution is 0.194. The van der Waals surface area contributed by atoms with Crippen LogP contribution in [-0.4, -0.2) is 54.7 Å². The monoisotopic (exact) mass is 394 g/mol. The number of fused-ring (bicyclic) bond motifs is 1. The molecule has 1 aliphatic heterocycles. The van der Waals surface area contributed by atoms with Crippen molar-refractivity contribution in [3.8, 4) is 11.1 Å². The maximum Gasteiger partial charge on any atom is 0.412 e. The molecule has 4 rings (SSSR count). The molecular formula is C19H18N6O4. The zero-order chi connectivity index (χ0) is 20.5. The molecule has 2 aromatic heterocycles. The number of carboxylic acid groups (broad SMARTS) is 2. The third-order valence-electron chi connectivity index (χ3n) is 4.76. The fourth-order valence-electron chi connectivity index (χ4n) is 3.45. The predicted octanol–water partition coefficient (Wildman–Crippen LogP) is 2.76. The Labute approximate surface area is 165 Å². The molecule has 1 atom stereocenters. The highest BCUT2D eigenvalue weighted by Gasteiger charge is 2.35. The molecule has 148 valence electrons. The Morgan fingerprint density at radius 2 is 1.93 bits per heavy atom. The fourth-order valence-corrected chi connectivity index (χ4v) is 3.45. The maximum absolute atomic E-state index is 11.7. The fraction of sp³-hybridized carbons (Fsp3) is 0.211. The second-order valence-electron chi connectivity index (χ2n) is 6.72. The van der Waals surface area contributed by atoms with E-state index >= 15 is 0 Å². The molecule has 0 bridgehead atoms. The summed E-state index contributed by atoms with van der Waals surface area (Å²) in [7, 11) is 0. The average molecular weight is 394 g/mol. The van der Waals surface area contributed by atoms with Crippen LogP contribution in [0.2, 0.25) is 0 Å². The Kier molecular flexibility index (Phi) is 4.59. The zero-order valence-electron chi connectivity index (χ0n) is 15.5. The molecule has 0 spiro atoms. The van der Waals surface area contributed by atoms with E-state index in [0.29, 0.717) is 17.9 Å². The first kappa shape index (κ1) is 18.4. The summed E-state index contributed by atoms with van der Waals surface area (Å²) in [5, 5.41) is 23.5. The van der Waals surface area contributed by atoms with E-state index in [1.54, 1.807) is 54.6 Å². The number of nitrogens with zero attached hydrogens (tertiary/aromatic N) is 6. The summed E-state index contributed by atoms with van der Waals surface area (Å²) in [5.41, 5.74) is 2.95. The van der Waals surface area contributed by atoms with E-state index in [0.717, 1.165) is 16.8 Å². The summed E-state index contributed by atoms with van der Waals surface area (Å²) in [4.78, 5) is 34.0. The minimum atomic E-state index is -1.13. The van der Waals surface area contributed by atoms with Gasteiger partial charge in [-0.05, 0) is 24.6 Å². The van der Waals surface area contributed by atoms with Crippen LogP contribution in [0.5, 0.6) is 0 Å². The van der Waals surface area contributed by atoms with Crippen LogP contribution in [0.15, 0.2) is 49.2 Å². The van der Waals surface area contributed by atoms with Gasteiger partial charge < -0.3 is 10.2 Å². The van der Waals surface area contributed by atoms with Crippen LogP contribution in [-0.2, 0) is 6.54 Å². The molecule has 3 heterocycles. The molecule has 0 radical (unpaired) electrons. The number of anilines is 2. The Bertz CT molecular complexity index is 1070. The molecule has 0 unspecified atom stereocenters. The third kappa shape index (κ3) is 3.47. The lowest BCUT2D eigenvalue weighted by Gasteiger charge is -2.38. The van der Waals surface area contributed by atoms with Crippen molar-refractivity contribution in [2.24, 2.45) is 0 Å². The predicted molar refractivity (Wildman–Crippen MR) is 104 cm³/mol.